The monoisotopic (exact) mass is 994 g/mol. The highest BCUT2D eigenvalue weighted by atomic mass is 32.2. The molecule has 4 rings (SSSR count). The molecule has 0 spiro atoms. The number of aliphatic hydroxyl groups excluding tert-OH is 8. The van der Waals surface area contributed by atoms with Gasteiger partial charge in [-0.1, -0.05) is 0 Å². The molecule has 23 nitrogen and oxygen atoms in total. The van der Waals surface area contributed by atoms with Crippen LogP contribution >= 0.6 is 0 Å². The van der Waals surface area contributed by atoms with Gasteiger partial charge in [-0.15, -0.1) is 8.67 Å². The summed E-state index contributed by atoms with van der Waals surface area (Å²) in [6, 6.07) is 0. The summed E-state index contributed by atoms with van der Waals surface area (Å²) in [7, 11) is 0. The maximum atomic E-state index is 11.3. The van der Waals surface area contributed by atoms with Crippen LogP contribution in [0.15, 0.2) is 0 Å². The Labute approximate surface area is 348 Å². The van der Waals surface area contributed by atoms with Gasteiger partial charge < -0.3 is 83.1 Å². The molecule has 0 aromatic heterocycles. The van der Waals surface area contributed by atoms with Gasteiger partial charge in [0.15, 0.2) is 25.2 Å². The van der Waals surface area contributed by atoms with Gasteiger partial charge >= 0.3 is 0 Å². The van der Waals surface area contributed by atoms with Crippen LogP contribution in [-0.2, 0) is 74.3 Å². The van der Waals surface area contributed by atoms with Gasteiger partial charge in [-0.3, -0.25) is 9.41 Å². The molecule has 0 aliphatic carbocycles. The van der Waals surface area contributed by atoms with Gasteiger partial charge in [0.1, 0.15) is 71.6 Å². The Hall–Kier alpha value is -1.24. The van der Waals surface area contributed by atoms with Crippen molar-refractivity contribution < 1.29 is 156 Å². The summed E-state index contributed by atoms with van der Waals surface area (Å²) >= 11 is -6.32. The Morgan fingerprint density at radius 2 is 0.774 bits per heavy atom. The Bertz CT molecular complexity index is 1180. The van der Waals surface area contributed by atoms with E-state index < -0.39 is 165 Å². The molecule has 4 fully saturated rings. The molecule has 4 heterocycles. The van der Waals surface area contributed by atoms with Gasteiger partial charge in [0, 0.05) is 54.3 Å². The summed E-state index contributed by atoms with van der Waals surface area (Å²) in [4.78, 5) is 9.99. The minimum absolute atomic E-state index is 0. The minimum Gasteiger partial charge on any atom is -0.748 e. The highest BCUT2D eigenvalue weighted by Gasteiger charge is 2.51. The van der Waals surface area contributed by atoms with E-state index in [1.807, 2.05) is 0 Å². The average molecular weight is 995 g/mol. The second-order valence-corrected chi connectivity index (χ2v) is 14.0. The first kappa shape index (κ1) is 65.0. The molecule has 4 aliphatic rings. The number of ether oxygens (including phenoxy) is 7. The number of hydrogen-bond acceptors (Lipinski definition) is 23. The van der Waals surface area contributed by atoms with Crippen molar-refractivity contribution in [3.8, 4) is 0 Å². The maximum Gasteiger partial charge on any atom is 0.186 e. The van der Waals surface area contributed by atoms with Crippen LogP contribution in [0, 0.1) is 17.8 Å². The molecule has 0 saturated carbocycles. The number of aliphatic hydroxyl groups is 8. The fraction of sp³-hybridized carbons (Fsp3) is 1.00. The number of halogens is 10. The van der Waals surface area contributed by atoms with Crippen LogP contribution in [0.1, 0.15) is 27.7 Å². The van der Waals surface area contributed by atoms with E-state index in [9.17, 15) is 58.4 Å². The molecule has 62 heavy (non-hydrogen) atoms. The van der Waals surface area contributed by atoms with Crippen molar-refractivity contribution in [3.63, 3.8) is 0 Å². The van der Waals surface area contributed by atoms with Crippen molar-refractivity contribution >= 4 is 22.7 Å². The van der Waals surface area contributed by atoms with E-state index in [4.69, 9.17) is 79.5 Å². The van der Waals surface area contributed by atoms with Gasteiger partial charge in [0.2, 0.25) is 0 Å². The van der Waals surface area contributed by atoms with E-state index in [1.165, 1.54) is 27.7 Å². The van der Waals surface area contributed by atoms with Crippen molar-refractivity contribution in [2.24, 2.45) is 17.8 Å². The summed E-state index contributed by atoms with van der Waals surface area (Å²) in [5.41, 5.74) is 0. The average Bonchev–Trinajstić information content (AvgIpc) is 3.23. The molecule has 4 saturated heterocycles. The van der Waals surface area contributed by atoms with E-state index in [-0.39, 0.29) is 9.41 Å². The molecule has 0 amide bonds. The molecule has 11 unspecified atom stereocenters. The summed E-state index contributed by atoms with van der Waals surface area (Å²) in [6.45, 7) is 4.12. The van der Waals surface area contributed by atoms with Crippen molar-refractivity contribution in [2.45, 2.75) is 132 Å². The first-order valence-electron chi connectivity index (χ1n) is 16.8. The van der Waals surface area contributed by atoms with Gasteiger partial charge in [-0.05, 0) is 27.7 Å². The summed E-state index contributed by atoms with van der Waals surface area (Å²) < 4.78 is 156. The molecular weight excluding hydrogens is 946 g/mol. The van der Waals surface area contributed by atoms with Crippen LogP contribution in [-0.4, -0.2) is 183 Å². The second-order valence-electron chi connectivity index (χ2n) is 13.0. The van der Waals surface area contributed by atoms with E-state index in [1.54, 1.807) is 0 Å². The normalized spacial score (nSPS) is 41.2. The minimum atomic E-state index is -3.16. The molecule has 0 aromatic carbocycles. The fourth-order valence-corrected chi connectivity index (χ4v) is 6.76. The van der Waals surface area contributed by atoms with E-state index >= 15 is 0 Å². The van der Waals surface area contributed by atoms with Crippen molar-refractivity contribution in [3.05, 3.63) is 0 Å². The zero-order chi connectivity index (χ0) is 46.6. The standard InChI is InChI=1S/C27H48O23S2.4F2.2FH/c1-8-15(28)12(17(30)24(35)43-8)5-40-25-18(31)13(22(10(3)45-25)47-49-51(36)37)6-41-26-19(32)14(23(11(4)46-26)48-50-52(38)39)7-42-27-21(34)20(33)16(29)9(2)44-27;4*1-2;;/h8-35H,5-7H2,1-4H3,(H,36,37)(H,38,39);;;;;2*1H/p-2/t8?,9?,10?,11?,12-,13+,14+,15+,16+,17?,18?,19?,20-,21?,22+,23+,24?,25+,26+,27+;;;;;;/m0....../s1. The lowest BCUT2D eigenvalue weighted by Crippen LogP contribution is -2.60. The lowest BCUT2D eigenvalue weighted by atomic mass is 9.88. The van der Waals surface area contributed by atoms with Gasteiger partial charge in [-0.25, -0.2) is 18.2 Å². The van der Waals surface area contributed by atoms with E-state index in [0.717, 1.165) is 0 Å². The Balaban J connectivity index is -0.00000328. The lowest BCUT2D eigenvalue weighted by Gasteiger charge is -2.46. The fourth-order valence-electron chi connectivity index (χ4n) is 6.45. The predicted molar refractivity (Wildman–Crippen MR) is 174 cm³/mol. The van der Waals surface area contributed by atoms with E-state index in [0.29, 0.717) is 0 Å². The summed E-state index contributed by atoms with van der Waals surface area (Å²) in [5, 5.41) is 84.0. The maximum absolute atomic E-state index is 11.3. The Kier molecular flexibility index (Phi) is 34.9. The van der Waals surface area contributed by atoms with Crippen LogP contribution in [0.4, 0.5) is 46.0 Å². The Morgan fingerprint density at radius 3 is 1.15 bits per heavy atom. The smallest absolute Gasteiger partial charge is 0.186 e. The molecule has 0 radical (unpaired) electrons. The number of rotatable bonds is 15. The molecule has 4 aliphatic heterocycles. The van der Waals surface area contributed by atoms with Gasteiger partial charge in [0.25, 0.3) is 0 Å². The van der Waals surface area contributed by atoms with Crippen molar-refractivity contribution in [2.75, 3.05) is 19.8 Å². The predicted octanol–water partition coefficient (Wildman–Crippen LogP) is -1.73. The van der Waals surface area contributed by atoms with Crippen LogP contribution in [0.25, 0.3) is 0 Å². The third-order valence-electron chi connectivity index (χ3n) is 9.49. The molecular formula is C27H48F10O23S2-2. The SMILES string of the molecule is CC1O[C@@H](OC[C@@H]2C(O)[C@H](OC[C@@H]3C(O)[C@H](OC[C@@H]4C(O)C(O)OC(C)[C@H]4O)OC(C)[C@H]3OOS(=O)[O-])OC(C)[C@H]2OOS(=O)[O-])C(O)[C@@H](O)[C@@H]1O.F.F.FF.FF.FF.FF. The third kappa shape index (κ3) is 18.2. The van der Waals surface area contributed by atoms with Crippen molar-refractivity contribution in [1.29, 1.82) is 0 Å². The van der Waals surface area contributed by atoms with Gasteiger partial charge in [-0.2, -0.15) is 0 Å². The molecule has 8 N–H and O–H groups in total. The van der Waals surface area contributed by atoms with E-state index in [2.05, 4.69) is 8.67 Å². The molecule has 35 heteroatoms. The zero-order valence-corrected chi connectivity index (χ0v) is 33.7. The molecule has 0 bridgehead atoms. The van der Waals surface area contributed by atoms with Crippen LogP contribution in [0.3, 0.4) is 0 Å². The lowest BCUT2D eigenvalue weighted by molar-refractivity contribution is -0.372. The topological polar surface area (TPSA) is 344 Å². The largest absolute Gasteiger partial charge is 0.748 e. The first-order chi connectivity index (χ1) is 28.4. The van der Waals surface area contributed by atoms with Crippen LogP contribution < -0.4 is 0 Å². The highest BCUT2D eigenvalue weighted by Crippen LogP contribution is 2.35. The zero-order valence-electron chi connectivity index (χ0n) is 32.0. The van der Waals surface area contributed by atoms with Gasteiger partial charge in [0.05, 0.1) is 50.3 Å². The summed E-state index contributed by atoms with van der Waals surface area (Å²) in [5.74, 6) is -3.59. The summed E-state index contributed by atoms with van der Waals surface area (Å²) in [6.07, 6.45) is -24.1. The second kappa shape index (κ2) is 33.3. The number of hydrogen-bond donors (Lipinski definition) is 8. The van der Waals surface area contributed by atoms with Crippen molar-refractivity contribution in [1.82, 2.24) is 0 Å². The third-order valence-corrected chi connectivity index (χ3v) is 9.86. The Morgan fingerprint density at radius 1 is 0.452 bits per heavy atom. The highest BCUT2D eigenvalue weighted by molar-refractivity contribution is 7.74. The molecule has 22 atom stereocenters. The first-order valence-corrected chi connectivity index (χ1v) is 18.8. The quantitative estimate of drug-likeness (QED) is 0.0391. The van der Waals surface area contributed by atoms with Crippen LogP contribution in [0.2, 0.25) is 0 Å². The molecule has 0 aromatic rings. The van der Waals surface area contributed by atoms with Crippen LogP contribution in [0.5, 0.6) is 0 Å². The molecule has 378 valence electrons.